The molecular formula is C16H22O3S. The quantitative estimate of drug-likeness (QED) is 0.779. The summed E-state index contributed by atoms with van der Waals surface area (Å²) in [6, 6.07) is 6.28. The average molecular weight is 294 g/mol. The summed E-state index contributed by atoms with van der Waals surface area (Å²) in [5.74, 6) is 0.818. The summed E-state index contributed by atoms with van der Waals surface area (Å²) in [5.41, 5.74) is 0.619. The number of sulfone groups is 1. The number of hydrogen-bond acceptors (Lipinski definition) is 3. The summed E-state index contributed by atoms with van der Waals surface area (Å²) in [7, 11) is -3.19. The molecule has 1 aliphatic carbocycles. The van der Waals surface area contributed by atoms with Crippen molar-refractivity contribution in [2.45, 2.75) is 49.8 Å². The second-order valence-corrected chi connectivity index (χ2v) is 7.78. The van der Waals surface area contributed by atoms with Gasteiger partial charge in [0.05, 0.1) is 4.90 Å². The minimum absolute atomic E-state index is 0.121. The minimum atomic E-state index is -3.19. The van der Waals surface area contributed by atoms with E-state index in [4.69, 9.17) is 0 Å². The van der Waals surface area contributed by atoms with Gasteiger partial charge in [0.15, 0.2) is 15.6 Å². The van der Waals surface area contributed by atoms with Crippen LogP contribution in [0.2, 0.25) is 0 Å². The number of carbonyl (C=O) groups excluding carboxylic acids is 1. The molecule has 2 rings (SSSR count). The van der Waals surface area contributed by atoms with Gasteiger partial charge in [-0.2, -0.15) is 0 Å². The number of ketones is 1. The zero-order chi connectivity index (χ0) is 14.6. The normalized spacial score (nSPS) is 17.1. The highest BCUT2D eigenvalue weighted by atomic mass is 32.2. The van der Waals surface area contributed by atoms with E-state index in [2.05, 4.69) is 0 Å². The summed E-state index contributed by atoms with van der Waals surface area (Å²) in [6.07, 6.45) is 9.13. The smallest absolute Gasteiger partial charge is 0.175 e. The largest absolute Gasteiger partial charge is 0.294 e. The Morgan fingerprint density at radius 2 is 1.70 bits per heavy atom. The van der Waals surface area contributed by atoms with Crippen LogP contribution in [0.3, 0.4) is 0 Å². The molecule has 0 heterocycles. The van der Waals surface area contributed by atoms with E-state index in [0.29, 0.717) is 17.9 Å². The molecule has 4 heteroatoms. The van der Waals surface area contributed by atoms with E-state index in [1.165, 1.54) is 50.5 Å². The zero-order valence-corrected chi connectivity index (χ0v) is 12.8. The van der Waals surface area contributed by atoms with Gasteiger partial charge in [0.2, 0.25) is 0 Å². The van der Waals surface area contributed by atoms with Gasteiger partial charge >= 0.3 is 0 Å². The van der Waals surface area contributed by atoms with Crippen LogP contribution in [0.25, 0.3) is 0 Å². The molecular weight excluding hydrogens is 272 g/mol. The van der Waals surface area contributed by atoms with Crippen molar-refractivity contribution in [3.63, 3.8) is 0 Å². The molecule has 0 aliphatic heterocycles. The van der Waals surface area contributed by atoms with E-state index < -0.39 is 9.84 Å². The SMILES string of the molecule is CS(=O)(=O)c1ccc(C(=O)CCC2CCCCC2)cc1. The summed E-state index contributed by atoms with van der Waals surface area (Å²) in [6.45, 7) is 0. The molecule has 1 aromatic carbocycles. The highest BCUT2D eigenvalue weighted by Crippen LogP contribution is 2.27. The van der Waals surface area contributed by atoms with Gasteiger partial charge in [-0.3, -0.25) is 4.79 Å². The maximum atomic E-state index is 12.1. The summed E-state index contributed by atoms with van der Waals surface area (Å²) < 4.78 is 22.7. The van der Waals surface area contributed by atoms with E-state index in [1.54, 1.807) is 12.1 Å². The molecule has 20 heavy (non-hydrogen) atoms. The molecule has 0 aromatic heterocycles. The molecule has 110 valence electrons. The standard InChI is InChI=1S/C16H22O3S/c1-20(18,19)15-10-8-14(9-11-15)16(17)12-7-13-5-3-2-4-6-13/h8-11,13H,2-7,12H2,1H3. The third-order valence-corrected chi connectivity index (χ3v) is 5.24. The Kier molecular flexibility index (Phi) is 4.97. The lowest BCUT2D eigenvalue weighted by atomic mass is 9.85. The fourth-order valence-electron chi connectivity index (χ4n) is 2.84. The lowest BCUT2D eigenvalue weighted by Crippen LogP contribution is -2.09. The van der Waals surface area contributed by atoms with Crippen molar-refractivity contribution >= 4 is 15.6 Å². The van der Waals surface area contributed by atoms with E-state index in [-0.39, 0.29) is 10.7 Å². The van der Waals surface area contributed by atoms with E-state index >= 15 is 0 Å². The van der Waals surface area contributed by atoms with Crippen LogP contribution in [0, 0.1) is 5.92 Å². The minimum Gasteiger partial charge on any atom is -0.294 e. The predicted molar refractivity (Wildman–Crippen MR) is 79.7 cm³/mol. The van der Waals surface area contributed by atoms with Crippen molar-refractivity contribution in [1.29, 1.82) is 0 Å². The van der Waals surface area contributed by atoms with Crippen LogP contribution in [0.4, 0.5) is 0 Å². The van der Waals surface area contributed by atoms with Crippen molar-refractivity contribution in [2.24, 2.45) is 5.92 Å². The predicted octanol–water partition coefficient (Wildman–Crippen LogP) is 3.63. The van der Waals surface area contributed by atoms with E-state index in [9.17, 15) is 13.2 Å². The molecule has 1 fully saturated rings. The first kappa shape index (κ1) is 15.2. The third-order valence-electron chi connectivity index (χ3n) is 4.11. The summed E-state index contributed by atoms with van der Waals surface area (Å²) in [4.78, 5) is 12.4. The van der Waals surface area contributed by atoms with Gasteiger partial charge < -0.3 is 0 Å². The van der Waals surface area contributed by atoms with Crippen molar-refractivity contribution in [2.75, 3.05) is 6.26 Å². The Morgan fingerprint density at radius 3 is 2.25 bits per heavy atom. The highest BCUT2D eigenvalue weighted by Gasteiger charge is 2.16. The first-order valence-corrected chi connectivity index (χ1v) is 9.19. The van der Waals surface area contributed by atoms with Crippen LogP contribution in [-0.2, 0) is 9.84 Å². The molecule has 3 nitrogen and oxygen atoms in total. The zero-order valence-electron chi connectivity index (χ0n) is 12.0. The maximum absolute atomic E-state index is 12.1. The first-order chi connectivity index (χ1) is 9.47. The van der Waals surface area contributed by atoms with Crippen molar-refractivity contribution in [3.05, 3.63) is 29.8 Å². The van der Waals surface area contributed by atoms with E-state index in [0.717, 1.165) is 6.42 Å². The Balaban J connectivity index is 1.92. The molecule has 0 atom stereocenters. The van der Waals surface area contributed by atoms with Gasteiger partial charge in [0.1, 0.15) is 0 Å². The molecule has 1 aliphatic rings. The number of rotatable bonds is 5. The van der Waals surface area contributed by atoms with Gasteiger partial charge in [0, 0.05) is 18.2 Å². The monoisotopic (exact) mass is 294 g/mol. The van der Waals surface area contributed by atoms with Crippen LogP contribution in [0.15, 0.2) is 29.2 Å². The molecule has 0 amide bonds. The maximum Gasteiger partial charge on any atom is 0.175 e. The molecule has 1 aromatic rings. The van der Waals surface area contributed by atoms with Gasteiger partial charge in [-0.15, -0.1) is 0 Å². The number of benzene rings is 1. The molecule has 1 saturated carbocycles. The van der Waals surface area contributed by atoms with Crippen molar-refractivity contribution in [3.8, 4) is 0 Å². The van der Waals surface area contributed by atoms with E-state index in [1.807, 2.05) is 0 Å². The third kappa shape index (κ3) is 4.17. The number of hydrogen-bond donors (Lipinski definition) is 0. The summed E-state index contributed by atoms with van der Waals surface area (Å²) >= 11 is 0. The van der Waals surface area contributed by atoms with Gasteiger partial charge in [0.25, 0.3) is 0 Å². The van der Waals surface area contributed by atoms with Crippen LogP contribution < -0.4 is 0 Å². The molecule has 0 N–H and O–H groups in total. The van der Waals surface area contributed by atoms with Crippen LogP contribution in [-0.4, -0.2) is 20.5 Å². The Morgan fingerprint density at radius 1 is 1.10 bits per heavy atom. The lowest BCUT2D eigenvalue weighted by Gasteiger charge is -2.20. The second-order valence-electron chi connectivity index (χ2n) is 5.76. The topological polar surface area (TPSA) is 51.2 Å². The molecule has 0 radical (unpaired) electrons. The van der Waals surface area contributed by atoms with Crippen LogP contribution in [0.5, 0.6) is 0 Å². The Bertz CT molecular complexity index is 552. The molecule has 0 unspecified atom stereocenters. The van der Waals surface area contributed by atoms with Gasteiger partial charge in [-0.25, -0.2) is 8.42 Å². The second kappa shape index (κ2) is 6.53. The summed E-state index contributed by atoms with van der Waals surface area (Å²) in [5, 5.41) is 0. The lowest BCUT2D eigenvalue weighted by molar-refractivity contribution is 0.0970. The Labute approximate surface area is 121 Å². The van der Waals surface area contributed by atoms with Crippen molar-refractivity contribution < 1.29 is 13.2 Å². The number of Topliss-reactive ketones (excluding diaryl/α,β-unsaturated/α-hetero) is 1. The van der Waals surface area contributed by atoms with Crippen LogP contribution in [0.1, 0.15) is 55.3 Å². The molecule has 0 spiro atoms. The van der Waals surface area contributed by atoms with Crippen molar-refractivity contribution in [1.82, 2.24) is 0 Å². The molecule has 0 bridgehead atoms. The fraction of sp³-hybridized carbons (Fsp3) is 0.562. The van der Waals surface area contributed by atoms with Crippen LogP contribution >= 0.6 is 0 Å². The first-order valence-electron chi connectivity index (χ1n) is 7.30. The number of carbonyl (C=O) groups is 1. The molecule has 0 saturated heterocycles. The van der Waals surface area contributed by atoms with Gasteiger partial charge in [-0.1, -0.05) is 44.2 Å². The fourth-order valence-corrected chi connectivity index (χ4v) is 3.47. The average Bonchev–Trinajstić information content (AvgIpc) is 2.45. The Hall–Kier alpha value is -1.16. The van der Waals surface area contributed by atoms with Gasteiger partial charge in [-0.05, 0) is 24.5 Å². The highest BCUT2D eigenvalue weighted by molar-refractivity contribution is 7.90.